The zero-order valence-electron chi connectivity index (χ0n) is 50.3. The third-order valence-corrected chi connectivity index (χ3v) is 13.9. The summed E-state index contributed by atoms with van der Waals surface area (Å²) in [5, 5.41) is 108. The first-order chi connectivity index (χ1) is 42.6. The predicted octanol–water partition coefficient (Wildman–Crippen LogP) is -6.04. The number of unbranched alkanes of at least 4 members (excludes halogenated alkanes) is 2. The van der Waals surface area contributed by atoms with E-state index in [-0.39, 0.29) is 190 Å². The Hall–Kier alpha value is -3.57. The van der Waals surface area contributed by atoms with Crippen LogP contribution in [0.4, 0.5) is 0 Å². The molecule has 3 rings (SSSR count). The van der Waals surface area contributed by atoms with Gasteiger partial charge in [-0.1, -0.05) is 0 Å². The smallest absolute Gasteiger partial charge is 0.326 e. The lowest BCUT2D eigenvalue weighted by Crippen LogP contribution is -2.52. The molecular formula is C55H100N4O29. The molecule has 33 nitrogen and oxygen atoms in total. The van der Waals surface area contributed by atoms with Crippen LogP contribution < -0.4 is 21.3 Å². The number of carboxylic acids is 1. The van der Waals surface area contributed by atoms with E-state index in [0.29, 0.717) is 32.1 Å². The number of hydrogen-bond acceptors (Lipinski definition) is 28. The summed E-state index contributed by atoms with van der Waals surface area (Å²) in [6.45, 7) is 1.76. The van der Waals surface area contributed by atoms with E-state index in [1.807, 2.05) is 0 Å². The number of ether oxygens (including phenoxy) is 14. The van der Waals surface area contributed by atoms with Gasteiger partial charge in [-0.3, -0.25) is 19.2 Å². The van der Waals surface area contributed by atoms with Gasteiger partial charge in [-0.15, -0.1) is 0 Å². The van der Waals surface area contributed by atoms with Gasteiger partial charge in [0.15, 0.2) is 12.6 Å². The number of aliphatic carboxylic acids is 1. The van der Waals surface area contributed by atoms with Crippen molar-refractivity contribution >= 4 is 29.6 Å². The van der Waals surface area contributed by atoms with Gasteiger partial charge in [0.25, 0.3) is 0 Å². The zero-order chi connectivity index (χ0) is 64.2. The van der Waals surface area contributed by atoms with Crippen LogP contribution in [0.2, 0.25) is 0 Å². The van der Waals surface area contributed by atoms with Crippen molar-refractivity contribution in [2.75, 3.05) is 172 Å². The minimum Gasteiger partial charge on any atom is -0.480 e. The van der Waals surface area contributed by atoms with Crippen molar-refractivity contribution in [3.63, 3.8) is 0 Å². The molecule has 4 amide bonds. The number of carbonyl (C=O) groups is 5. The van der Waals surface area contributed by atoms with Gasteiger partial charge in [0, 0.05) is 44.9 Å². The molecule has 0 bridgehead atoms. The fourth-order valence-electron chi connectivity index (χ4n) is 9.07. The molecule has 1 aliphatic carbocycles. The van der Waals surface area contributed by atoms with Crippen molar-refractivity contribution in [1.29, 1.82) is 0 Å². The molecule has 33 heteroatoms. The van der Waals surface area contributed by atoms with E-state index in [9.17, 15) is 75.0 Å². The zero-order valence-corrected chi connectivity index (χ0v) is 50.3. The first-order valence-corrected chi connectivity index (χ1v) is 30.2. The lowest BCUT2D eigenvalue weighted by Gasteiger charge is -2.35. The van der Waals surface area contributed by atoms with Crippen molar-refractivity contribution in [3.8, 4) is 0 Å². The van der Waals surface area contributed by atoms with Gasteiger partial charge in [-0.05, 0) is 44.9 Å². The number of carboxylic acid groups (broad SMARTS) is 1. The highest BCUT2D eigenvalue weighted by Gasteiger charge is 2.39. The summed E-state index contributed by atoms with van der Waals surface area (Å²) >= 11 is 0. The number of nitrogens with one attached hydrogen (secondary N) is 4. The Morgan fingerprint density at radius 3 is 1.19 bits per heavy atom. The highest BCUT2D eigenvalue weighted by Crippen LogP contribution is 2.27. The molecule has 2 heterocycles. The Morgan fingerprint density at radius 1 is 0.409 bits per heavy atom. The van der Waals surface area contributed by atoms with E-state index in [0.717, 1.165) is 0 Å². The average Bonchev–Trinajstić information content (AvgIpc) is 2.80. The van der Waals surface area contributed by atoms with Crippen molar-refractivity contribution in [3.05, 3.63) is 0 Å². The number of hydrogen-bond donors (Lipinski definition) is 14. The number of aliphatic hydroxyl groups is 9. The quantitative estimate of drug-likeness (QED) is 0.0252. The molecular weight excluding hydrogens is 1180 g/mol. The second kappa shape index (κ2) is 49.1. The monoisotopic (exact) mass is 1280 g/mol. The van der Waals surface area contributed by atoms with Crippen LogP contribution in [0.25, 0.3) is 0 Å². The second-order valence-electron chi connectivity index (χ2n) is 20.9. The number of aliphatic hydroxyl groups excluding tert-OH is 9. The molecule has 0 spiro atoms. The standard InChI is InChI=1S/C55H100N4O29/c60-31-37-27-38(28-41(63)51(37)69)84-24-21-78-12-9-77-17-20-83-36-48(68)58-39(5-1-3-7-56-46(66)34-81-18-15-75-10-13-79-22-25-85-49-29-42(64)52(70)44(32-61)87-49)54(72)59-40(55(73)74)6-2-4-8-57-47(67)35-82-19-16-76-11-14-80-23-26-86-50-30-43(65)53(71)45(33-62)88-50/h37-45,49-53,60-65,69-71H,1-36H2,(H,56,66)(H,57,67)(H,58,68)(H,59,72)(H,73,74)/t37-,38-,39+,40+,41-,42-,43-,44-,45-,49-,50-,51+,52-,53-/m1/s1. The Bertz CT molecular complexity index is 1840. The molecule has 88 heavy (non-hydrogen) atoms. The van der Waals surface area contributed by atoms with Crippen LogP contribution in [-0.2, 0) is 90.3 Å². The SMILES string of the molecule is O=C(COCCOCCOCCO[C@H]1C[C@@H](O)[C@@H](O)[C@@H](CO)O1)NCCCC[C@H](NC(=O)[C@H](CCCCNC(=O)COCCOCCOCCO[C@H]1C[C@@H](O)[C@@H](O)[C@@H](CO)O1)NC(=O)COCCOCCOCCO[C@@H]1C[C@H](CO)[C@H](O)[C@H](O)C1)C(=O)O. The van der Waals surface area contributed by atoms with E-state index in [1.165, 1.54) is 0 Å². The van der Waals surface area contributed by atoms with Gasteiger partial charge in [0.1, 0.15) is 56.3 Å². The molecule has 2 saturated heterocycles. The lowest BCUT2D eigenvalue weighted by molar-refractivity contribution is -0.259. The minimum atomic E-state index is -1.32. The molecule has 2 aliphatic heterocycles. The normalized spacial score (nSPS) is 25.4. The molecule has 0 aromatic heterocycles. The largest absolute Gasteiger partial charge is 0.480 e. The van der Waals surface area contributed by atoms with Crippen LogP contribution in [0.5, 0.6) is 0 Å². The maximum Gasteiger partial charge on any atom is 0.326 e. The van der Waals surface area contributed by atoms with E-state index < -0.39 is 129 Å². The highest BCUT2D eigenvalue weighted by molar-refractivity contribution is 5.90. The van der Waals surface area contributed by atoms with Gasteiger partial charge >= 0.3 is 5.97 Å². The summed E-state index contributed by atoms with van der Waals surface area (Å²) in [5.74, 6) is -3.95. The van der Waals surface area contributed by atoms with Crippen molar-refractivity contribution in [2.45, 2.75) is 144 Å². The van der Waals surface area contributed by atoms with E-state index in [1.54, 1.807) is 0 Å². The summed E-state index contributed by atoms with van der Waals surface area (Å²) in [4.78, 5) is 63.5. The summed E-state index contributed by atoms with van der Waals surface area (Å²) in [6.07, 6.45) is -7.98. The second-order valence-corrected chi connectivity index (χ2v) is 20.9. The van der Waals surface area contributed by atoms with Crippen molar-refractivity contribution < 1.29 is 141 Å². The minimum absolute atomic E-state index is 0.0131. The van der Waals surface area contributed by atoms with Crippen LogP contribution in [0.15, 0.2) is 0 Å². The van der Waals surface area contributed by atoms with Crippen LogP contribution >= 0.6 is 0 Å². The lowest BCUT2D eigenvalue weighted by atomic mass is 9.83. The Kier molecular flexibility index (Phi) is 43.9. The molecule has 0 aromatic rings. The van der Waals surface area contributed by atoms with Crippen LogP contribution in [0, 0.1) is 5.92 Å². The Morgan fingerprint density at radius 2 is 0.784 bits per heavy atom. The van der Waals surface area contributed by atoms with Gasteiger partial charge in [-0.25, -0.2) is 4.79 Å². The first kappa shape index (κ1) is 78.7. The van der Waals surface area contributed by atoms with Gasteiger partial charge in [-0.2, -0.15) is 0 Å². The van der Waals surface area contributed by atoms with E-state index in [4.69, 9.17) is 66.3 Å². The fraction of sp³-hybridized carbons (Fsp3) is 0.909. The molecule has 0 aromatic carbocycles. The first-order valence-electron chi connectivity index (χ1n) is 30.2. The molecule has 14 atom stereocenters. The van der Waals surface area contributed by atoms with E-state index >= 15 is 0 Å². The Balaban J connectivity index is 1.28. The van der Waals surface area contributed by atoms with E-state index in [2.05, 4.69) is 21.3 Å². The highest BCUT2D eigenvalue weighted by atomic mass is 16.7. The average molecular weight is 1280 g/mol. The third kappa shape index (κ3) is 35.3. The van der Waals surface area contributed by atoms with Crippen LogP contribution in [0.1, 0.15) is 64.2 Å². The molecule has 3 fully saturated rings. The maximum atomic E-state index is 13.6. The van der Waals surface area contributed by atoms with Crippen LogP contribution in [0.3, 0.4) is 0 Å². The summed E-state index contributed by atoms with van der Waals surface area (Å²) in [5.41, 5.74) is 0. The Labute approximate surface area is 512 Å². The number of carbonyl (C=O) groups excluding carboxylic acids is 4. The van der Waals surface area contributed by atoms with Gasteiger partial charge in [0.2, 0.25) is 23.6 Å². The van der Waals surface area contributed by atoms with Crippen molar-refractivity contribution in [2.24, 2.45) is 5.92 Å². The number of amides is 4. The molecule has 0 radical (unpaired) electrons. The summed E-state index contributed by atoms with van der Waals surface area (Å²) in [7, 11) is 0. The maximum absolute atomic E-state index is 13.6. The predicted molar refractivity (Wildman–Crippen MR) is 301 cm³/mol. The number of rotatable bonds is 53. The molecule has 1 saturated carbocycles. The summed E-state index contributed by atoms with van der Waals surface area (Å²) in [6, 6.07) is -2.48. The topological polar surface area (TPSA) is 465 Å². The fourth-order valence-corrected chi connectivity index (χ4v) is 9.07. The third-order valence-electron chi connectivity index (χ3n) is 13.9. The van der Waals surface area contributed by atoms with Crippen molar-refractivity contribution in [1.82, 2.24) is 21.3 Å². The summed E-state index contributed by atoms with van der Waals surface area (Å²) < 4.78 is 76.4. The molecule has 0 unspecified atom stereocenters. The molecule has 3 aliphatic rings. The van der Waals surface area contributed by atoms with Gasteiger partial charge in [0.05, 0.1) is 163 Å². The van der Waals surface area contributed by atoms with Crippen LogP contribution in [-0.4, -0.2) is 332 Å². The molecule has 14 N–H and O–H groups in total. The molecule has 514 valence electrons. The van der Waals surface area contributed by atoms with Gasteiger partial charge < -0.3 is 139 Å².